The molecule has 1 saturated carbocycles. The quantitative estimate of drug-likeness (QED) is 0.897. The Morgan fingerprint density at radius 2 is 2.05 bits per heavy atom. The Hall–Kier alpha value is -0.420. The molecule has 1 heterocycles. The van der Waals surface area contributed by atoms with Gasteiger partial charge in [-0.15, -0.1) is 5.10 Å². The van der Waals surface area contributed by atoms with Gasteiger partial charge >= 0.3 is 0 Å². The zero-order chi connectivity index (χ0) is 13.8. The molecule has 1 aliphatic carbocycles. The van der Waals surface area contributed by atoms with Crippen LogP contribution in [0, 0.1) is 11.8 Å². The highest BCUT2D eigenvalue weighted by atomic mass is 79.9. The lowest BCUT2D eigenvalue weighted by Gasteiger charge is -2.31. The first-order chi connectivity index (χ1) is 9.13. The molecule has 1 atom stereocenters. The average molecular weight is 330 g/mol. The molecule has 1 aromatic heterocycles. The number of halogens is 1. The summed E-state index contributed by atoms with van der Waals surface area (Å²) in [5.74, 6) is 1.22. The second-order valence-corrected chi connectivity index (χ2v) is 6.51. The lowest BCUT2D eigenvalue weighted by Crippen LogP contribution is -2.22. The number of aliphatic hydroxyl groups is 1. The van der Waals surface area contributed by atoms with E-state index in [1.807, 2.05) is 7.05 Å². The van der Waals surface area contributed by atoms with Crippen LogP contribution in [0.4, 0.5) is 0 Å². The summed E-state index contributed by atoms with van der Waals surface area (Å²) >= 11 is 3.38. The second-order valence-electron chi connectivity index (χ2n) is 5.76. The van der Waals surface area contributed by atoms with E-state index in [2.05, 4.69) is 33.2 Å². The molecule has 1 aromatic rings. The first kappa shape index (κ1) is 15.0. The molecule has 0 saturated heterocycles. The SMILES string of the molecule is CCCCC1CCC(C(O)c2c(Br)nnn2C)CC1. The molecule has 0 amide bonds. The zero-order valence-electron chi connectivity index (χ0n) is 11.8. The van der Waals surface area contributed by atoms with Gasteiger partial charge in [-0.05, 0) is 40.6 Å². The molecular weight excluding hydrogens is 306 g/mol. The van der Waals surface area contributed by atoms with Gasteiger partial charge in [-0.25, -0.2) is 4.68 Å². The fraction of sp³-hybridized carbons (Fsp3) is 0.857. The Kier molecular flexibility index (Phi) is 5.39. The van der Waals surface area contributed by atoms with Crippen LogP contribution in [0.2, 0.25) is 0 Å². The molecule has 2 rings (SSSR count). The molecule has 108 valence electrons. The van der Waals surface area contributed by atoms with Crippen LogP contribution in [0.15, 0.2) is 4.60 Å². The Morgan fingerprint density at radius 1 is 1.37 bits per heavy atom. The number of aromatic nitrogens is 3. The summed E-state index contributed by atoms with van der Waals surface area (Å²) in [5.41, 5.74) is 0.817. The fourth-order valence-electron chi connectivity index (χ4n) is 3.16. The van der Waals surface area contributed by atoms with Crippen LogP contribution in [0.3, 0.4) is 0 Å². The third kappa shape index (κ3) is 3.57. The maximum atomic E-state index is 10.5. The van der Waals surface area contributed by atoms with Gasteiger partial charge in [0.15, 0.2) is 4.60 Å². The van der Waals surface area contributed by atoms with Crippen LogP contribution < -0.4 is 0 Å². The van der Waals surface area contributed by atoms with E-state index >= 15 is 0 Å². The van der Waals surface area contributed by atoms with Gasteiger partial charge in [0.05, 0.1) is 0 Å². The monoisotopic (exact) mass is 329 g/mol. The van der Waals surface area contributed by atoms with Crippen LogP contribution in [0.1, 0.15) is 63.7 Å². The maximum Gasteiger partial charge on any atom is 0.154 e. The van der Waals surface area contributed by atoms with E-state index in [0.717, 1.165) is 24.5 Å². The molecule has 0 spiro atoms. The van der Waals surface area contributed by atoms with Crippen LogP contribution in [0.5, 0.6) is 0 Å². The normalized spacial score (nSPS) is 25.5. The van der Waals surface area contributed by atoms with Crippen LogP contribution in [-0.4, -0.2) is 20.1 Å². The smallest absolute Gasteiger partial charge is 0.154 e. The summed E-state index contributed by atoms with van der Waals surface area (Å²) in [5, 5.41) is 18.4. The van der Waals surface area contributed by atoms with Gasteiger partial charge in [0.2, 0.25) is 0 Å². The predicted octanol–water partition coefficient (Wildman–Crippen LogP) is 3.61. The minimum absolute atomic E-state index is 0.353. The summed E-state index contributed by atoms with van der Waals surface area (Å²) in [6.07, 6.45) is 8.29. The van der Waals surface area contributed by atoms with Crippen molar-refractivity contribution in [1.82, 2.24) is 15.0 Å². The summed E-state index contributed by atoms with van der Waals surface area (Å²) in [4.78, 5) is 0. The molecule has 0 aliphatic heterocycles. The van der Waals surface area contributed by atoms with Gasteiger partial charge in [-0.1, -0.05) is 44.2 Å². The first-order valence-corrected chi connectivity index (χ1v) is 8.15. The highest BCUT2D eigenvalue weighted by Crippen LogP contribution is 2.39. The molecular formula is C14H24BrN3O. The summed E-state index contributed by atoms with van der Waals surface area (Å²) in [6.45, 7) is 2.25. The molecule has 1 unspecified atom stereocenters. The average Bonchev–Trinajstić information content (AvgIpc) is 2.76. The topological polar surface area (TPSA) is 50.9 Å². The van der Waals surface area contributed by atoms with Crippen molar-refractivity contribution in [3.63, 3.8) is 0 Å². The van der Waals surface area contributed by atoms with E-state index < -0.39 is 6.10 Å². The van der Waals surface area contributed by atoms with E-state index in [-0.39, 0.29) is 0 Å². The lowest BCUT2D eigenvalue weighted by atomic mass is 9.77. The van der Waals surface area contributed by atoms with Crippen molar-refractivity contribution in [3.8, 4) is 0 Å². The van der Waals surface area contributed by atoms with Crippen molar-refractivity contribution < 1.29 is 5.11 Å². The predicted molar refractivity (Wildman–Crippen MR) is 78.6 cm³/mol. The molecule has 0 bridgehead atoms. The molecule has 1 fully saturated rings. The van der Waals surface area contributed by atoms with Gasteiger partial charge < -0.3 is 5.11 Å². The van der Waals surface area contributed by atoms with Gasteiger partial charge in [-0.2, -0.15) is 0 Å². The standard InChI is InChI=1S/C14H24BrN3O/c1-3-4-5-10-6-8-11(9-7-10)13(19)12-14(15)16-17-18(12)2/h10-11,13,19H,3-9H2,1-2H3. The van der Waals surface area contributed by atoms with Gasteiger partial charge in [0, 0.05) is 7.05 Å². The van der Waals surface area contributed by atoms with Crippen molar-refractivity contribution in [2.24, 2.45) is 18.9 Å². The van der Waals surface area contributed by atoms with Crippen molar-refractivity contribution in [2.75, 3.05) is 0 Å². The Labute approximate surface area is 123 Å². The van der Waals surface area contributed by atoms with E-state index in [4.69, 9.17) is 0 Å². The fourth-order valence-corrected chi connectivity index (χ4v) is 3.72. The second kappa shape index (κ2) is 6.84. The van der Waals surface area contributed by atoms with Crippen molar-refractivity contribution >= 4 is 15.9 Å². The molecule has 4 nitrogen and oxygen atoms in total. The summed E-state index contributed by atoms with van der Waals surface area (Å²) < 4.78 is 2.35. The van der Waals surface area contributed by atoms with Crippen LogP contribution in [-0.2, 0) is 7.05 Å². The largest absolute Gasteiger partial charge is 0.386 e. The Balaban J connectivity index is 1.91. The molecule has 5 heteroatoms. The molecule has 19 heavy (non-hydrogen) atoms. The Bertz CT molecular complexity index is 380. The third-order valence-electron chi connectivity index (χ3n) is 4.41. The highest BCUT2D eigenvalue weighted by Gasteiger charge is 2.30. The van der Waals surface area contributed by atoms with E-state index in [9.17, 15) is 5.11 Å². The molecule has 1 N–H and O–H groups in total. The summed E-state index contributed by atoms with van der Waals surface area (Å²) in [7, 11) is 1.84. The lowest BCUT2D eigenvalue weighted by molar-refractivity contribution is 0.0651. The minimum atomic E-state index is -0.443. The van der Waals surface area contributed by atoms with Gasteiger partial charge in [0.1, 0.15) is 11.8 Å². The van der Waals surface area contributed by atoms with Crippen molar-refractivity contribution in [2.45, 2.75) is 58.0 Å². The minimum Gasteiger partial charge on any atom is -0.386 e. The summed E-state index contributed by atoms with van der Waals surface area (Å²) in [6, 6.07) is 0. The van der Waals surface area contributed by atoms with Crippen molar-refractivity contribution in [3.05, 3.63) is 10.3 Å². The van der Waals surface area contributed by atoms with Crippen LogP contribution in [0.25, 0.3) is 0 Å². The zero-order valence-corrected chi connectivity index (χ0v) is 13.4. The number of rotatable bonds is 5. The van der Waals surface area contributed by atoms with E-state index in [1.165, 1.54) is 32.1 Å². The Morgan fingerprint density at radius 3 is 2.58 bits per heavy atom. The number of aliphatic hydroxyl groups excluding tert-OH is 1. The number of unbranched alkanes of at least 4 members (excludes halogenated alkanes) is 1. The van der Waals surface area contributed by atoms with Gasteiger partial charge in [0.25, 0.3) is 0 Å². The molecule has 0 radical (unpaired) electrons. The number of hydrogen-bond acceptors (Lipinski definition) is 3. The third-order valence-corrected chi connectivity index (χ3v) is 4.98. The number of nitrogens with zero attached hydrogens (tertiary/aromatic N) is 3. The number of hydrogen-bond donors (Lipinski definition) is 1. The van der Waals surface area contributed by atoms with E-state index in [1.54, 1.807) is 4.68 Å². The number of aryl methyl sites for hydroxylation is 1. The molecule has 0 aromatic carbocycles. The first-order valence-electron chi connectivity index (χ1n) is 7.36. The van der Waals surface area contributed by atoms with E-state index in [0.29, 0.717) is 10.5 Å². The maximum absolute atomic E-state index is 10.5. The van der Waals surface area contributed by atoms with Crippen molar-refractivity contribution in [1.29, 1.82) is 0 Å². The molecule has 1 aliphatic rings. The highest BCUT2D eigenvalue weighted by molar-refractivity contribution is 9.10. The van der Waals surface area contributed by atoms with Crippen LogP contribution >= 0.6 is 15.9 Å². The van der Waals surface area contributed by atoms with Gasteiger partial charge in [-0.3, -0.25) is 0 Å².